The molecule has 0 aliphatic rings. The Bertz CT molecular complexity index is 375. The first-order chi connectivity index (χ1) is 7.91. The third-order valence-electron chi connectivity index (χ3n) is 1.99. The molecule has 0 amide bonds. The second-order valence-electron chi connectivity index (χ2n) is 7.66. The summed E-state index contributed by atoms with van der Waals surface area (Å²) in [4.78, 5) is 0. The number of hydrogen-bond acceptors (Lipinski definition) is 1. The summed E-state index contributed by atoms with van der Waals surface area (Å²) in [6.45, 7) is 18.5. The van der Waals surface area contributed by atoms with Gasteiger partial charge in [-0.25, -0.2) is 0 Å². The number of rotatable bonds is 3. The second-order valence-corrected chi connectivity index (χ2v) is 17.2. The van der Waals surface area contributed by atoms with Crippen LogP contribution in [0.2, 0.25) is 39.3 Å². The van der Waals surface area contributed by atoms with Crippen LogP contribution < -0.4 is 0 Å². The Hall–Kier alpha value is -0.646. The van der Waals surface area contributed by atoms with Crippen LogP contribution in [0.5, 0.6) is 0 Å². The molecule has 0 atom stereocenters. The fraction of sp³-hybridized carbons (Fsp3) is 0.733. The molecule has 0 saturated heterocycles. The zero-order valence-electron chi connectivity index (χ0n) is 13.3. The van der Waals surface area contributed by atoms with Crippen LogP contribution >= 0.6 is 0 Å². The molecular formula is C15H28OSi2. The van der Waals surface area contributed by atoms with Gasteiger partial charge in [-0.05, 0) is 0 Å². The SMILES string of the molecule is CC(C)(CC#C[Si](C)(C)C)COC#C[Si](C)(C)C. The first-order valence-electron chi connectivity index (χ1n) is 6.55. The maximum Gasteiger partial charge on any atom is 0.133 e. The Labute approximate surface area is 116 Å². The van der Waals surface area contributed by atoms with Crippen LogP contribution in [0.3, 0.4) is 0 Å². The van der Waals surface area contributed by atoms with Gasteiger partial charge in [-0.3, -0.25) is 0 Å². The summed E-state index contributed by atoms with van der Waals surface area (Å²) < 4.78 is 5.47. The highest BCUT2D eigenvalue weighted by Gasteiger charge is 2.18. The van der Waals surface area contributed by atoms with Gasteiger partial charge in [0.15, 0.2) is 0 Å². The summed E-state index contributed by atoms with van der Waals surface area (Å²) in [6.07, 6.45) is 3.74. The standard InChI is InChI=1S/C15H28OSi2/c1-15(2,10-9-12-17(3,4)5)14-16-11-13-18(6,7)8/h10,14H2,1-8H3. The molecule has 0 aliphatic carbocycles. The molecule has 18 heavy (non-hydrogen) atoms. The fourth-order valence-electron chi connectivity index (χ4n) is 1.02. The Morgan fingerprint density at radius 1 is 0.889 bits per heavy atom. The summed E-state index contributed by atoms with van der Waals surface area (Å²) >= 11 is 0. The van der Waals surface area contributed by atoms with E-state index in [2.05, 4.69) is 76.2 Å². The maximum atomic E-state index is 5.47. The van der Waals surface area contributed by atoms with E-state index in [-0.39, 0.29) is 5.41 Å². The van der Waals surface area contributed by atoms with E-state index in [1.807, 2.05) is 0 Å². The topological polar surface area (TPSA) is 9.23 Å². The van der Waals surface area contributed by atoms with Gasteiger partial charge in [0.05, 0.1) is 0 Å². The quantitative estimate of drug-likeness (QED) is 0.558. The van der Waals surface area contributed by atoms with Crippen molar-refractivity contribution in [2.24, 2.45) is 5.41 Å². The van der Waals surface area contributed by atoms with Crippen molar-refractivity contribution in [3.63, 3.8) is 0 Å². The summed E-state index contributed by atoms with van der Waals surface area (Å²) in [6, 6.07) is 0. The predicted molar refractivity (Wildman–Crippen MR) is 86.6 cm³/mol. The molecule has 0 unspecified atom stereocenters. The van der Waals surface area contributed by atoms with E-state index in [0.29, 0.717) is 6.61 Å². The molecule has 0 bridgehead atoms. The van der Waals surface area contributed by atoms with E-state index in [9.17, 15) is 0 Å². The second kappa shape index (κ2) is 6.50. The van der Waals surface area contributed by atoms with Crippen molar-refractivity contribution < 1.29 is 4.74 Å². The number of hydrogen-bond donors (Lipinski definition) is 0. The molecule has 102 valence electrons. The van der Waals surface area contributed by atoms with Crippen LogP contribution in [0.25, 0.3) is 0 Å². The molecule has 0 saturated carbocycles. The molecule has 0 rings (SSSR count). The predicted octanol–water partition coefficient (Wildman–Crippen LogP) is 4.14. The van der Waals surface area contributed by atoms with E-state index in [0.717, 1.165) is 6.42 Å². The van der Waals surface area contributed by atoms with Gasteiger partial charge in [-0.15, -0.1) is 11.5 Å². The highest BCUT2D eigenvalue weighted by Crippen LogP contribution is 2.19. The van der Waals surface area contributed by atoms with Crippen LogP contribution in [0.15, 0.2) is 0 Å². The van der Waals surface area contributed by atoms with Crippen molar-refractivity contribution in [1.29, 1.82) is 0 Å². The van der Waals surface area contributed by atoms with Crippen LogP contribution in [-0.2, 0) is 4.74 Å². The van der Waals surface area contributed by atoms with E-state index in [4.69, 9.17) is 4.74 Å². The molecule has 0 fully saturated rings. The van der Waals surface area contributed by atoms with Gasteiger partial charge in [0.2, 0.25) is 0 Å². The van der Waals surface area contributed by atoms with E-state index in [1.165, 1.54) is 0 Å². The van der Waals surface area contributed by atoms with Crippen LogP contribution in [0.4, 0.5) is 0 Å². The summed E-state index contributed by atoms with van der Waals surface area (Å²) in [7, 11) is -2.56. The number of ether oxygens (including phenoxy) is 1. The Balaban J connectivity index is 4.23. The highest BCUT2D eigenvalue weighted by atomic mass is 28.3. The molecule has 0 heterocycles. The molecule has 0 aliphatic heterocycles. The summed E-state index contributed by atoms with van der Waals surface area (Å²) in [5, 5.41) is 0. The van der Waals surface area contributed by atoms with Crippen molar-refractivity contribution in [2.45, 2.75) is 59.6 Å². The van der Waals surface area contributed by atoms with Crippen molar-refractivity contribution in [1.82, 2.24) is 0 Å². The van der Waals surface area contributed by atoms with E-state index < -0.39 is 16.1 Å². The molecule has 0 aromatic carbocycles. The van der Waals surface area contributed by atoms with Gasteiger partial charge >= 0.3 is 0 Å². The van der Waals surface area contributed by atoms with Crippen LogP contribution in [0, 0.1) is 28.5 Å². The van der Waals surface area contributed by atoms with Crippen molar-refractivity contribution in [2.75, 3.05) is 6.61 Å². The van der Waals surface area contributed by atoms with E-state index >= 15 is 0 Å². The van der Waals surface area contributed by atoms with Crippen molar-refractivity contribution in [3.8, 4) is 23.1 Å². The minimum atomic E-state index is -1.31. The van der Waals surface area contributed by atoms with Gasteiger partial charge in [-0.1, -0.05) is 58.7 Å². The Kier molecular flexibility index (Phi) is 6.27. The van der Waals surface area contributed by atoms with Crippen molar-refractivity contribution >= 4 is 16.1 Å². The smallest absolute Gasteiger partial charge is 0.133 e. The van der Waals surface area contributed by atoms with Gasteiger partial charge < -0.3 is 4.74 Å². The zero-order chi connectivity index (χ0) is 14.4. The first-order valence-corrected chi connectivity index (χ1v) is 13.6. The summed E-state index contributed by atoms with van der Waals surface area (Å²) in [5.41, 5.74) is 6.69. The van der Waals surface area contributed by atoms with Gasteiger partial charge in [0, 0.05) is 11.8 Å². The molecule has 0 N–H and O–H groups in total. The maximum absolute atomic E-state index is 5.47. The average Bonchev–Trinajstić information content (AvgIpc) is 2.08. The fourth-order valence-corrected chi connectivity index (χ4v) is 2.02. The van der Waals surface area contributed by atoms with Crippen molar-refractivity contribution in [3.05, 3.63) is 0 Å². The third-order valence-corrected chi connectivity index (χ3v) is 3.77. The molecular weight excluding hydrogens is 252 g/mol. The Morgan fingerprint density at radius 2 is 1.39 bits per heavy atom. The monoisotopic (exact) mass is 280 g/mol. The van der Waals surface area contributed by atoms with Crippen LogP contribution in [0.1, 0.15) is 20.3 Å². The Morgan fingerprint density at radius 3 is 1.83 bits per heavy atom. The molecule has 0 aromatic rings. The summed E-state index contributed by atoms with van der Waals surface area (Å²) in [5.74, 6) is 3.31. The molecule has 0 aromatic heterocycles. The highest BCUT2D eigenvalue weighted by molar-refractivity contribution is 6.84. The third kappa shape index (κ3) is 11.8. The van der Waals surface area contributed by atoms with Gasteiger partial charge in [-0.2, -0.15) is 0 Å². The molecule has 0 spiro atoms. The lowest BCUT2D eigenvalue weighted by atomic mass is 9.91. The van der Waals surface area contributed by atoms with Gasteiger partial charge in [0.1, 0.15) is 28.9 Å². The van der Waals surface area contributed by atoms with E-state index in [1.54, 1.807) is 0 Å². The first kappa shape index (κ1) is 17.4. The average molecular weight is 281 g/mol. The lowest BCUT2D eigenvalue weighted by molar-refractivity contribution is 0.158. The normalized spacial score (nSPS) is 12.0. The van der Waals surface area contributed by atoms with Gasteiger partial charge in [0.25, 0.3) is 0 Å². The minimum absolute atomic E-state index is 0.0841. The lowest BCUT2D eigenvalue weighted by Gasteiger charge is -2.20. The molecule has 0 radical (unpaired) electrons. The molecule has 3 heteroatoms. The largest absolute Gasteiger partial charge is 0.446 e. The zero-order valence-corrected chi connectivity index (χ0v) is 15.3. The lowest BCUT2D eigenvalue weighted by Crippen LogP contribution is -2.20. The molecule has 1 nitrogen and oxygen atoms in total. The van der Waals surface area contributed by atoms with Crippen LogP contribution in [-0.4, -0.2) is 22.8 Å². The minimum Gasteiger partial charge on any atom is -0.446 e.